The Labute approximate surface area is 194 Å². The third kappa shape index (κ3) is 4.08. The van der Waals surface area contributed by atoms with Gasteiger partial charge in [0.1, 0.15) is 16.5 Å². The first-order chi connectivity index (χ1) is 16.3. The molecule has 0 aliphatic carbocycles. The molecule has 0 unspecified atom stereocenters. The first-order valence-corrected chi connectivity index (χ1v) is 12.1. The van der Waals surface area contributed by atoms with Crippen LogP contribution in [0.5, 0.6) is 0 Å². The van der Waals surface area contributed by atoms with Gasteiger partial charge in [-0.15, -0.1) is 5.10 Å². The van der Waals surface area contributed by atoms with E-state index in [9.17, 15) is 22.0 Å². The third-order valence-corrected chi connectivity index (χ3v) is 7.79. The minimum absolute atomic E-state index is 0.0376. The number of piperazine rings is 1. The van der Waals surface area contributed by atoms with Crippen molar-refractivity contribution in [3.05, 3.63) is 94.5 Å². The minimum Gasteiger partial charge on any atom is -0.369 e. The van der Waals surface area contributed by atoms with E-state index >= 15 is 0 Å². The number of sulfonamides is 1. The van der Waals surface area contributed by atoms with Crippen molar-refractivity contribution in [2.75, 3.05) is 31.1 Å². The zero-order chi connectivity index (χ0) is 23.9. The van der Waals surface area contributed by atoms with E-state index in [1.54, 1.807) is 24.3 Å². The minimum atomic E-state index is -3.92. The van der Waals surface area contributed by atoms with Crippen LogP contribution in [-0.4, -0.2) is 53.1 Å². The molecule has 3 heterocycles. The van der Waals surface area contributed by atoms with Gasteiger partial charge < -0.3 is 4.90 Å². The molecule has 0 bridgehead atoms. The molecule has 0 atom stereocenters. The third-order valence-electron chi connectivity index (χ3n) is 5.87. The molecule has 0 spiro atoms. The Morgan fingerprint density at radius 1 is 0.853 bits per heavy atom. The second kappa shape index (κ2) is 8.65. The van der Waals surface area contributed by atoms with E-state index in [0.29, 0.717) is 18.7 Å². The van der Waals surface area contributed by atoms with Gasteiger partial charge in [-0.25, -0.2) is 31.1 Å². The molecule has 0 N–H and O–H groups in total. The van der Waals surface area contributed by atoms with E-state index in [-0.39, 0.29) is 41.8 Å². The summed E-state index contributed by atoms with van der Waals surface area (Å²) in [5.74, 6) is -0.717. The molecule has 34 heavy (non-hydrogen) atoms. The number of hydrogen-bond acceptors (Lipinski definition) is 5. The molecule has 0 amide bonds. The molecule has 8 nitrogen and oxygen atoms in total. The highest BCUT2D eigenvalue weighted by Gasteiger charge is 2.31. The molecular formula is C23H21F2N5O3S. The van der Waals surface area contributed by atoms with Crippen LogP contribution in [0.15, 0.2) is 76.6 Å². The number of halogens is 2. The molecule has 176 valence electrons. The molecule has 1 aliphatic rings. The maximum atomic E-state index is 13.5. The van der Waals surface area contributed by atoms with Gasteiger partial charge in [-0.1, -0.05) is 12.1 Å². The van der Waals surface area contributed by atoms with E-state index in [2.05, 4.69) is 5.10 Å². The number of benzene rings is 2. The Bertz CT molecular complexity index is 1490. The highest BCUT2D eigenvalue weighted by molar-refractivity contribution is 7.89. The predicted octanol–water partition coefficient (Wildman–Crippen LogP) is 2.33. The highest BCUT2D eigenvalue weighted by Crippen LogP contribution is 2.23. The maximum Gasteiger partial charge on any atom is 0.350 e. The largest absolute Gasteiger partial charge is 0.369 e. The van der Waals surface area contributed by atoms with Gasteiger partial charge in [0.15, 0.2) is 5.65 Å². The summed E-state index contributed by atoms with van der Waals surface area (Å²) in [6.07, 6.45) is 1.47. The maximum absolute atomic E-state index is 13.5. The van der Waals surface area contributed by atoms with Gasteiger partial charge >= 0.3 is 5.69 Å². The quantitative estimate of drug-likeness (QED) is 0.434. The summed E-state index contributed by atoms with van der Waals surface area (Å²) in [5, 5.41) is 4.28. The summed E-state index contributed by atoms with van der Waals surface area (Å²) in [7, 11) is -3.92. The Balaban J connectivity index is 1.41. The van der Waals surface area contributed by atoms with Gasteiger partial charge in [-0.2, -0.15) is 4.31 Å². The van der Waals surface area contributed by atoms with E-state index in [1.165, 1.54) is 51.3 Å². The second-order valence-electron chi connectivity index (χ2n) is 8.00. The average Bonchev–Trinajstić information content (AvgIpc) is 3.16. The topological polar surface area (TPSA) is 79.9 Å². The molecule has 2 aromatic carbocycles. The Kier molecular flexibility index (Phi) is 5.66. The molecule has 4 aromatic rings. The molecule has 1 fully saturated rings. The molecule has 0 saturated carbocycles. The molecule has 11 heteroatoms. The normalized spacial score (nSPS) is 15.2. The molecule has 1 saturated heterocycles. The van der Waals surface area contributed by atoms with Crippen LogP contribution in [0.3, 0.4) is 0 Å². The van der Waals surface area contributed by atoms with Crippen molar-refractivity contribution in [2.45, 2.75) is 11.4 Å². The van der Waals surface area contributed by atoms with E-state index in [0.717, 1.165) is 10.4 Å². The first kappa shape index (κ1) is 22.2. The predicted molar refractivity (Wildman–Crippen MR) is 122 cm³/mol. The van der Waals surface area contributed by atoms with E-state index in [4.69, 9.17) is 0 Å². The lowest BCUT2D eigenvalue weighted by Crippen LogP contribution is -2.48. The number of hydrogen-bond donors (Lipinski definition) is 0. The number of rotatable bonds is 5. The first-order valence-electron chi connectivity index (χ1n) is 10.7. The van der Waals surface area contributed by atoms with E-state index < -0.39 is 15.7 Å². The molecular weight excluding hydrogens is 464 g/mol. The van der Waals surface area contributed by atoms with Gasteiger partial charge in [0, 0.05) is 38.1 Å². The fraction of sp³-hybridized carbons (Fsp3) is 0.217. The second-order valence-corrected chi connectivity index (χ2v) is 9.91. The number of anilines is 1. The van der Waals surface area contributed by atoms with E-state index in [1.807, 2.05) is 4.90 Å². The summed E-state index contributed by atoms with van der Waals surface area (Å²) in [6.45, 7) is 1.44. The van der Waals surface area contributed by atoms with Crippen LogP contribution < -0.4 is 10.6 Å². The van der Waals surface area contributed by atoms with Crippen molar-refractivity contribution in [3.63, 3.8) is 0 Å². The van der Waals surface area contributed by atoms with Gasteiger partial charge in [0.05, 0.1) is 6.54 Å². The lowest BCUT2D eigenvalue weighted by molar-refractivity contribution is 0.385. The molecule has 2 aromatic heterocycles. The SMILES string of the molecule is O=c1n(Cc2ccc(F)cc2)nc2c(S(=O)(=O)N3CCN(c4ccc(F)cc4)CC3)cccn12. The van der Waals surface area contributed by atoms with Gasteiger partial charge in [-0.3, -0.25) is 0 Å². The fourth-order valence-corrected chi connectivity index (χ4v) is 5.60. The summed E-state index contributed by atoms with van der Waals surface area (Å²) in [5.41, 5.74) is 1.04. The van der Waals surface area contributed by atoms with Crippen LogP contribution in [0.25, 0.3) is 5.65 Å². The number of pyridine rings is 1. The molecule has 0 radical (unpaired) electrons. The number of fused-ring (bicyclic) bond motifs is 1. The van der Waals surface area contributed by atoms with Crippen molar-refractivity contribution in [1.82, 2.24) is 18.5 Å². The number of nitrogens with zero attached hydrogens (tertiary/aromatic N) is 5. The smallest absolute Gasteiger partial charge is 0.350 e. The Morgan fingerprint density at radius 2 is 1.47 bits per heavy atom. The van der Waals surface area contributed by atoms with Gasteiger partial charge in [0.2, 0.25) is 10.0 Å². The lowest BCUT2D eigenvalue weighted by Gasteiger charge is -2.35. The summed E-state index contributed by atoms with van der Waals surface area (Å²) < 4.78 is 57.0. The van der Waals surface area contributed by atoms with Crippen LogP contribution in [0.1, 0.15) is 5.56 Å². The van der Waals surface area contributed by atoms with Crippen LogP contribution >= 0.6 is 0 Å². The lowest BCUT2D eigenvalue weighted by atomic mass is 10.2. The standard InChI is InChI=1S/C23H21F2N5O3S/c24-18-5-3-17(4-6-18)16-30-23(31)29-11-1-2-21(22(29)26-30)34(32,33)28-14-12-27(13-15-28)20-9-7-19(25)8-10-20/h1-11H,12-16H2. The van der Waals surface area contributed by atoms with Gasteiger partial charge in [0.25, 0.3) is 0 Å². The molecule has 5 rings (SSSR count). The van der Waals surface area contributed by atoms with Gasteiger partial charge in [-0.05, 0) is 54.1 Å². The monoisotopic (exact) mass is 485 g/mol. The Hall–Kier alpha value is -3.57. The van der Waals surface area contributed by atoms with Crippen LogP contribution in [0, 0.1) is 11.6 Å². The summed E-state index contributed by atoms with van der Waals surface area (Å²) in [6, 6.07) is 14.7. The number of aromatic nitrogens is 3. The zero-order valence-electron chi connectivity index (χ0n) is 18.0. The van der Waals surface area contributed by atoms with Crippen molar-refractivity contribution in [3.8, 4) is 0 Å². The van der Waals surface area contributed by atoms with Crippen molar-refractivity contribution >= 4 is 21.4 Å². The van der Waals surface area contributed by atoms with Crippen molar-refractivity contribution < 1.29 is 17.2 Å². The fourth-order valence-electron chi connectivity index (χ4n) is 4.06. The summed E-state index contributed by atoms with van der Waals surface area (Å²) >= 11 is 0. The van der Waals surface area contributed by atoms with Crippen molar-refractivity contribution in [2.24, 2.45) is 0 Å². The van der Waals surface area contributed by atoms with Crippen molar-refractivity contribution in [1.29, 1.82) is 0 Å². The highest BCUT2D eigenvalue weighted by atomic mass is 32.2. The summed E-state index contributed by atoms with van der Waals surface area (Å²) in [4.78, 5) is 14.8. The zero-order valence-corrected chi connectivity index (χ0v) is 18.8. The molecule has 1 aliphatic heterocycles. The van der Waals surface area contributed by atoms with Crippen LogP contribution in [-0.2, 0) is 16.6 Å². The average molecular weight is 486 g/mol. The Morgan fingerprint density at radius 3 is 2.12 bits per heavy atom. The van der Waals surface area contributed by atoms with Crippen LogP contribution in [0.4, 0.5) is 14.5 Å². The van der Waals surface area contributed by atoms with Crippen LogP contribution in [0.2, 0.25) is 0 Å².